The molecular formula is C15H16ClN5. The molecule has 0 saturated carbocycles. The maximum Gasteiger partial charge on any atom is 0.151 e. The topological polar surface area (TPSA) is 55.6 Å². The second-order valence-electron chi connectivity index (χ2n) is 4.87. The molecule has 0 radical (unpaired) electrons. The van der Waals surface area contributed by atoms with Gasteiger partial charge in [-0.2, -0.15) is 5.10 Å². The van der Waals surface area contributed by atoms with E-state index in [-0.39, 0.29) is 0 Å². The van der Waals surface area contributed by atoms with Crippen LogP contribution in [0.5, 0.6) is 0 Å². The summed E-state index contributed by atoms with van der Waals surface area (Å²) in [6, 6.07) is 7.83. The largest absolute Gasteiger partial charge is 0.312 e. The highest BCUT2D eigenvalue weighted by atomic mass is 35.5. The monoisotopic (exact) mass is 301 g/mol. The summed E-state index contributed by atoms with van der Waals surface area (Å²) in [6.45, 7) is 1.57. The Labute approximate surface area is 128 Å². The van der Waals surface area contributed by atoms with Gasteiger partial charge in [-0.25, -0.2) is 4.98 Å². The molecule has 0 atom stereocenters. The van der Waals surface area contributed by atoms with E-state index < -0.39 is 0 Å². The summed E-state index contributed by atoms with van der Waals surface area (Å²) in [4.78, 5) is 8.63. The van der Waals surface area contributed by atoms with Crippen LogP contribution in [0.15, 0.2) is 36.8 Å². The molecule has 0 saturated heterocycles. The number of nitrogens with zero attached hydrogens (tertiary/aromatic N) is 4. The van der Waals surface area contributed by atoms with Gasteiger partial charge in [0.1, 0.15) is 6.33 Å². The Bertz CT molecular complexity index is 753. The number of hydrogen-bond acceptors (Lipinski definition) is 4. The van der Waals surface area contributed by atoms with Gasteiger partial charge in [0.2, 0.25) is 0 Å². The van der Waals surface area contributed by atoms with Crippen LogP contribution in [0.4, 0.5) is 0 Å². The molecule has 6 heteroatoms. The van der Waals surface area contributed by atoms with Gasteiger partial charge in [-0.1, -0.05) is 17.7 Å². The molecule has 108 valence electrons. The maximum atomic E-state index is 6.19. The number of aryl methyl sites for hydroxylation is 1. The van der Waals surface area contributed by atoms with E-state index >= 15 is 0 Å². The van der Waals surface area contributed by atoms with E-state index in [4.69, 9.17) is 11.6 Å². The van der Waals surface area contributed by atoms with Crippen molar-refractivity contribution in [3.8, 4) is 0 Å². The lowest BCUT2D eigenvalue weighted by Crippen LogP contribution is -2.17. The van der Waals surface area contributed by atoms with Gasteiger partial charge in [-0.15, -0.1) is 0 Å². The fourth-order valence-corrected chi connectivity index (χ4v) is 2.48. The molecule has 1 N–H and O–H groups in total. The second-order valence-corrected chi connectivity index (χ2v) is 5.27. The first-order chi connectivity index (χ1) is 10.2. The van der Waals surface area contributed by atoms with Gasteiger partial charge in [0, 0.05) is 43.2 Å². The van der Waals surface area contributed by atoms with Crippen LogP contribution in [0, 0.1) is 0 Å². The van der Waals surface area contributed by atoms with Crippen LogP contribution in [-0.4, -0.2) is 26.3 Å². The Morgan fingerprint density at radius 3 is 2.95 bits per heavy atom. The minimum atomic E-state index is 0.736. The van der Waals surface area contributed by atoms with E-state index in [0.717, 1.165) is 46.8 Å². The first-order valence-corrected chi connectivity index (χ1v) is 7.19. The molecule has 5 nitrogen and oxygen atoms in total. The number of aromatic nitrogens is 4. The van der Waals surface area contributed by atoms with E-state index in [1.54, 1.807) is 17.2 Å². The van der Waals surface area contributed by atoms with Gasteiger partial charge >= 0.3 is 0 Å². The van der Waals surface area contributed by atoms with Crippen LogP contribution in [0.3, 0.4) is 0 Å². The second kappa shape index (κ2) is 6.20. The van der Waals surface area contributed by atoms with Crippen molar-refractivity contribution in [3.05, 3.63) is 53.2 Å². The Balaban J connectivity index is 1.64. The Morgan fingerprint density at radius 2 is 2.14 bits per heavy atom. The van der Waals surface area contributed by atoms with Gasteiger partial charge < -0.3 is 5.32 Å². The number of rotatable bonds is 5. The van der Waals surface area contributed by atoms with E-state index in [0.29, 0.717) is 0 Å². The molecule has 3 rings (SSSR count). The summed E-state index contributed by atoms with van der Waals surface area (Å²) in [6.07, 6.45) is 4.31. The minimum absolute atomic E-state index is 0.736. The fraction of sp³-hybridized carbons (Fsp3) is 0.267. The first kappa shape index (κ1) is 14.0. The molecule has 0 aliphatic rings. The Hall–Kier alpha value is -1.98. The molecule has 2 aromatic heterocycles. The zero-order chi connectivity index (χ0) is 14.7. The molecular weight excluding hydrogens is 286 g/mol. The molecule has 1 aromatic carbocycles. The number of pyridine rings is 1. The first-order valence-electron chi connectivity index (χ1n) is 6.81. The lowest BCUT2D eigenvalue weighted by Gasteiger charge is -2.08. The highest BCUT2D eigenvalue weighted by Gasteiger charge is 2.05. The molecule has 0 bridgehead atoms. The van der Waals surface area contributed by atoms with Gasteiger partial charge in [-0.05, 0) is 23.8 Å². The zero-order valence-electron chi connectivity index (χ0n) is 11.8. The van der Waals surface area contributed by atoms with E-state index in [9.17, 15) is 0 Å². The van der Waals surface area contributed by atoms with Crippen molar-refractivity contribution in [1.82, 2.24) is 25.1 Å². The molecule has 2 heterocycles. The van der Waals surface area contributed by atoms with Crippen molar-refractivity contribution in [3.63, 3.8) is 0 Å². The Kier molecular flexibility index (Phi) is 4.13. The quantitative estimate of drug-likeness (QED) is 0.735. The summed E-state index contributed by atoms with van der Waals surface area (Å²) in [7, 11) is 1.87. The van der Waals surface area contributed by atoms with Gasteiger partial charge in [0.25, 0.3) is 0 Å². The highest BCUT2D eigenvalue weighted by molar-refractivity contribution is 6.35. The summed E-state index contributed by atoms with van der Waals surface area (Å²) in [5, 5.41) is 9.38. The molecule has 0 fully saturated rings. The number of fused-ring (bicyclic) bond motifs is 1. The average molecular weight is 302 g/mol. The number of hydrogen-bond donors (Lipinski definition) is 1. The molecule has 0 aliphatic carbocycles. The van der Waals surface area contributed by atoms with E-state index in [2.05, 4.69) is 20.4 Å². The normalized spacial score (nSPS) is 11.1. The molecule has 0 aliphatic heterocycles. The van der Waals surface area contributed by atoms with Crippen LogP contribution < -0.4 is 5.32 Å². The minimum Gasteiger partial charge on any atom is -0.312 e. The number of nitrogens with one attached hydrogen (secondary N) is 1. The van der Waals surface area contributed by atoms with E-state index in [1.807, 2.05) is 31.3 Å². The summed E-state index contributed by atoms with van der Waals surface area (Å²) >= 11 is 6.19. The van der Waals surface area contributed by atoms with Crippen molar-refractivity contribution in [2.45, 2.75) is 13.0 Å². The van der Waals surface area contributed by atoms with Gasteiger partial charge in [0.15, 0.2) is 5.82 Å². The van der Waals surface area contributed by atoms with Gasteiger partial charge in [-0.3, -0.25) is 9.67 Å². The highest BCUT2D eigenvalue weighted by Crippen LogP contribution is 2.24. The van der Waals surface area contributed by atoms with Gasteiger partial charge in [0.05, 0.1) is 5.52 Å². The third kappa shape index (κ3) is 3.20. The smallest absolute Gasteiger partial charge is 0.151 e. The molecule has 0 unspecified atom stereocenters. The maximum absolute atomic E-state index is 6.19. The van der Waals surface area contributed by atoms with Crippen molar-refractivity contribution in [1.29, 1.82) is 0 Å². The molecule has 21 heavy (non-hydrogen) atoms. The molecule has 0 spiro atoms. The van der Waals surface area contributed by atoms with Crippen molar-refractivity contribution in [2.75, 3.05) is 6.54 Å². The van der Waals surface area contributed by atoms with Crippen molar-refractivity contribution < 1.29 is 0 Å². The molecule has 3 aromatic rings. The predicted octanol–water partition coefficient (Wildman–Crippen LogP) is 2.35. The predicted molar refractivity (Wildman–Crippen MR) is 83.2 cm³/mol. The fourth-order valence-electron chi connectivity index (χ4n) is 2.26. The van der Waals surface area contributed by atoms with Crippen LogP contribution in [0.1, 0.15) is 11.4 Å². The van der Waals surface area contributed by atoms with E-state index in [1.165, 1.54) is 0 Å². The summed E-state index contributed by atoms with van der Waals surface area (Å²) in [5.74, 6) is 0.851. The number of halogens is 1. The molecule has 0 amide bonds. The number of benzene rings is 1. The zero-order valence-corrected chi connectivity index (χ0v) is 12.5. The lowest BCUT2D eigenvalue weighted by atomic mass is 10.1. The SMILES string of the molecule is Cn1cnc(CCNCc2ccc(Cl)c3cccnc23)n1. The third-order valence-corrected chi connectivity index (χ3v) is 3.62. The lowest BCUT2D eigenvalue weighted by molar-refractivity contribution is 0.662. The van der Waals surface area contributed by atoms with Crippen LogP contribution in [0.2, 0.25) is 5.02 Å². The van der Waals surface area contributed by atoms with Crippen LogP contribution in [-0.2, 0) is 20.0 Å². The summed E-state index contributed by atoms with van der Waals surface area (Å²) < 4.78 is 1.71. The standard InChI is InChI=1S/C15H16ClN5/c1-21-10-19-14(20-21)6-8-17-9-11-4-5-13(16)12-3-2-7-18-15(11)12/h2-5,7,10,17H,6,8-9H2,1H3. The average Bonchev–Trinajstić information content (AvgIpc) is 2.91. The Morgan fingerprint density at radius 1 is 1.24 bits per heavy atom. The van der Waals surface area contributed by atoms with Crippen molar-refractivity contribution >= 4 is 22.5 Å². The van der Waals surface area contributed by atoms with Crippen LogP contribution >= 0.6 is 11.6 Å². The van der Waals surface area contributed by atoms with Crippen molar-refractivity contribution in [2.24, 2.45) is 7.05 Å². The summed E-state index contributed by atoms with van der Waals surface area (Å²) in [5.41, 5.74) is 2.09. The van der Waals surface area contributed by atoms with Crippen LogP contribution in [0.25, 0.3) is 10.9 Å². The third-order valence-electron chi connectivity index (χ3n) is 3.29.